The number of nitrogens with zero attached hydrogens (tertiary/aromatic N) is 2. The van der Waals surface area contributed by atoms with Gasteiger partial charge in [0.25, 0.3) is 0 Å². The first-order valence-corrected chi connectivity index (χ1v) is 11.9. The van der Waals surface area contributed by atoms with Crippen LogP contribution in [0.4, 0.5) is 0 Å². The topological polar surface area (TPSA) is 275 Å². The van der Waals surface area contributed by atoms with Gasteiger partial charge in [0.1, 0.15) is 18.1 Å². The number of nitrogens with one attached hydrogen (secondary N) is 2. The van der Waals surface area contributed by atoms with Crippen LogP contribution in [0.2, 0.25) is 0 Å². The molecule has 4 unspecified atom stereocenters. The first-order chi connectivity index (χ1) is 17.0. The standard InChI is InChI=1S/C21H39N9O6/c22-8-2-1-5-12(23)17(32)28-13(6-3-9-27-21(25)26)18(33)29-14(11-16(24)31)19(34)30-10-4-7-15(30)20(35)36/h12-15H,1-11,22-23H2,(H2,24,31)(H,28,32)(H,29,33)(H,35,36)(H4,25,26,27). The second-order valence-corrected chi connectivity index (χ2v) is 8.66. The Morgan fingerprint density at radius 2 is 1.64 bits per heavy atom. The molecule has 1 aliphatic heterocycles. The van der Waals surface area contributed by atoms with Crippen molar-refractivity contribution in [1.29, 1.82) is 0 Å². The van der Waals surface area contributed by atoms with E-state index in [9.17, 15) is 29.1 Å². The van der Waals surface area contributed by atoms with Gasteiger partial charge in [-0.2, -0.15) is 0 Å². The lowest BCUT2D eigenvalue weighted by Gasteiger charge is -2.28. The molecule has 4 atom stereocenters. The molecular weight excluding hydrogens is 474 g/mol. The van der Waals surface area contributed by atoms with E-state index in [2.05, 4.69) is 15.6 Å². The van der Waals surface area contributed by atoms with Gasteiger partial charge in [-0.15, -0.1) is 0 Å². The number of carbonyl (C=O) groups is 5. The van der Waals surface area contributed by atoms with Crippen molar-refractivity contribution < 1.29 is 29.1 Å². The fraction of sp³-hybridized carbons (Fsp3) is 0.714. The molecule has 36 heavy (non-hydrogen) atoms. The molecule has 13 N–H and O–H groups in total. The molecule has 0 aromatic rings. The van der Waals surface area contributed by atoms with Crippen LogP contribution in [0.1, 0.15) is 51.4 Å². The highest BCUT2D eigenvalue weighted by molar-refractivity contribution is 5.96. The monoisotopic (exact) mass is 513 g/mol. The number of hydrogen-bond donors (Lipinski definition) is 8. The van der Waals surface area contributed by atoms with E-state index >= 15 is 0 Å². The summed E-state index contributed by atoms with van der Waals surface area (Å²) >= 11 is 0. The second-order valence-electron chi connectivity index (χ2n) is 8.66. The quantitative estimate of drug-likeness (QED) is 0.0570. The molecular formula is C21H39N9O6. The highest BCUT2D eigenvalue weighted by Crippen LogP contribution is 2.19. The van der Waals surface area contributed by atoms with Gasteiger partial charge < -0.3 is 49.3 Å². The van der Waals surface area contributed by atoms with E-state index < -0.39 is 60.2 Å². The normalized spacial score (nSPS) is 17.5. The van der Waals surface area contributed by atoms with Gasteiger partial charge in [0.05, 0.1) is 12.5 Å². The molecule has 15 nitrogen and oxygen atoms in total. The molecule has 0 spiro atoms. The molecule has 1 rings (SSSR count). The second kappa shape index (κ2) is 15.5. The third kappa shape index (κ3) is 10.4. The molecule has 1 saturated heterocycles. The summed E-state index contributed by atoms with van der Waals surface area (Å²) in [6.45, 7) is 0.804. The number of aliphatic carboxylic acids is 1. The third-order valence-electron chi connectivity index (χ3n) is 5.73. The summed E-state index contributed by atoms with van der Waals surface area (Å²) < 4.78 is 0. The molecule has 15 heteroatoms. The van der Waals surface area contributed by atoms with E-state index in [-0.39, 0.29) is 31.9 Å². The van der Waals surface area contributed by atoms with Crippen LogP contribution in [-0.4, -0.2) is 89.4 Å². The van der Waals surface area contributed by atoms with Crippen LogP contribution in [0, 0.1) is 0 Å². The zero-order valence-corrected chi connectivity index (χ0v) is 20.4. The predicted octanol–water partition coefficient (Wildman–Crippen LogP) is -3.58. The first kappa shape index (κ1) is 30.6. The minimum absolute atomic E-state index is 0.100. The summed E-state index contributed by atoms with van der Waals surface area (Å²) in [5, 5.41) is 14.4. The van der Waals surface area contributed by atoms with Crippen LogP contribution < -0.4 is 39.3 Å². The third-order valence-corrected chi connectivity index (χ3v) is 5.73. The Bertz CT molecular complexity index is 818. The summed E-state index contributed by atoms with van der Waals surface area (Å²) in [4.78, 5) is 66.8. The van der Waals surface area contributed by atoms with Gasteiger partial charge in [0.2, 0.25) is 23.6 Å². The number of guanidine groups is 1. The number of carboxylic acid groups (broad SMARTS) is 1. The van der Waals surface area contributed by atoms with Crippen molar-refractivity contribution in [1.82, 2.24) is 15.5 Å². The number of unbranched alkanes of at least 4 members (excludes halogenated alkanes) is 1. The molecule has 4 amide bonds. The maximum Gasteiger partial charge on any atom is 0.326 e. The Kier molecular flexibility index (Phi) is 13.2. The number of carbonyl (C=O) groups excluding carboxylic acids is 4. The van der Waals surface area contributed by atoms with Crippen molar-refractivity contribution >= 4 is 35.6 Å². The Labute approximate surface area is 209 Å². The van der Waals surface area contributed by atoms with Crippen molar-refractivity contribution in [2.45, 2.75) is 75.5 Å². The molecule has 204 valence electrons. The SMILES string of the molecule is NCCCCC(N)C(=O)NC(CCCN=C(N)N)C(=O)NC(CC(N)=O)C(=O)N1CCCC1C(=O)O. The minimum atomic E-state index is -1.40. The van der Waals surface area contributed by atoms with E-state index in [0.29, 0.717) is 38.6 Å². The van der Waals surface area contributed by atoms with Crippen LogP contribution in [0.25, 0.3) is 0 Å². The number of hydrogen-bond acceptors (Lipinski definition) is 8. The van der Waals surface area contributed by atoms with E-state index in [1.165, 1.54) is 0 Å². The first-order valence-electron chi connectivity index (χ1n) is 11.9. The number of primary amides is 1. The number of carboxylic acids is 1. The van der Waals surface area contributed by atoms with Crippen molar-refractivity contribution in [2.75, 3.05) is 19.6 Å². The van der Waals surface area contributed by atoms with Gasteiger partial charge in [-0.3, -0.25) is 24.2 Å². The zero-order valence-electron chi connectivity index (χ0n) is 20.4. The molecule has 1 heterocycles. The van der Waals surface area contributed by atoms with Crippen LogP contribution in [0.5, 0.6) is 0 Å². The Hall–Kier alpha value is -3.46. The predicted molar refractivity (Wildman–Crippen MR) is 131 cm³/mol. The number of likely N-dealkylation sites (tertiary alicyclic amines) is 1. The van der Waals surface area contributed by atoms with Crippen LogP contribution in [0.15, 0.2) is 4.99 Å². The van der Waals surface area contributed by atoms with E-state index in [1.54, 1.807) is 0 Å². The Morgan fingerprint density at radius 1 is 0.972 bits per heavy atom. The van der Waals surface area contributed by atoms with Gasteiger partial charge in [0, 0.05) is 13.1 Å². The Balaban J connectivity index is 2.99. The highest BCUT2D eigenvalue weighted by atomic mass is 16.4. The summed E-state index contributed by atoms with van der Waals surface area (Å²) in [6, 6.07) is -4.46. The van der Waals surface area contributed by atoms with Crippen molar-refractivity contribution in [3.63, 3.8) is 0 Å². The average molecular weight is 514 g/mol. The van der Waals surface area contributed by atoms with Gasteiger partial charge >= 0.3 is 5.97 Å². The lowest BCUT2D eigenvalue weighted by molar-refractivity contribution is -0.149. The van der Waals surface area contributed by atoms with Gasteiger partial charge in [-0.25, -0.2) is 4.79 Å². The number of nitrogens with two attached hydrogens (primary N) is 5. The molecule has 0 radical (unpaired) electrons. The molecule has 1 fully saturated rings. The van der Waals surface area contributed by atoms with Crippen LogP contribution in [-0.2, 0) is 24.0 Å². The van der Waals surface area contributed by atoms with Crippen molar-refractivity contribution in [2.24, 2.45) is 33.7 Å². The fourth-order valence-corrected chi connectivity index (χ4v) is 3.85. The molecule has 1 aliphatic rings. The molecule has 0 aromatic heterocycles. The highest BCUT2D eigenvalue weighted by Gasteiger charge is 2.38. The molecule has 0 aromatic carbocycles. The average Bonchev–Trinajstić information content (AvgIpc) is 3.29. The fourth-order valence-electron chi connectivity index (χ4n) is 3.85. The van der Waals surface area contributed by atoms with Gasteiger partial charge in [-0.05, 0) is 45.1 Å². The van der Waals surface area contributed by atoms with Gasteiger partial charge in [-0.1, -0.05) is 6.42 Å². The summed E-state index contributed by atoms with van der Waals surface area (Å²) in [6.07, 6.45) is 2.26. The number of rotatable bonds is 16. The summed E-state index contributed by atoms with van der Waals surface area (Å²) in [5.74, 6) is -4.25. The molecule has 0 bridgehead atoms. The minimum Gasteiger partial charge on any atom is -0.480 e. The Morgan fingerprint density at radius 3 is 2.22 bits per heavy atom. The zero-order chi connectivity index (χ0) is 27.3. The van der Waals surface area contributed by atoms with Crippen molar-refractivity contribution in [3.05, 3.63) is 0 Å². The van der Waals surface area contributed by atoms with Gasteiger partial charge in [0.15, 0.2) is 5.96 Å². The van der Waals surface area contributed by atoms with Crippen molar-refractivity contribution in [3.8, 4) is 0 Å². The summed E-state index contributed by atoms with van der Waals surface area (Å²) in [7, 11) is 0. The largest absolute Gasteiger partial charge is 0.480 e. The summed E-state index contributed by atoms with van der Waals surface area (Å²) in [5.41, 5.74) is 27.3. The lowest BCUT2D eigenvalue weighted by Crippen LogP contribution is -2.57. The van der Waals surface area contributed by atoms with E-state index in [1.807, 2.05) is 0 Å². The maximum atomic E-state index is 13.1. The number of aliphatic imine (C=N–C) groups is 1. The smallest absolute Gasteiger partial charge is 0.326 e. The molecule has 0 aliphatic carbocycles. The van der Waals surface area contributed by atoms with Crippen LogP contribution in [0.3, 0.4) is 0 Å². The van der Waals surface area contributed by atoms with Crippen LogP contribution >= 0.6 is 0 Å². The van der Waals surface area contributed by atoms with E-state index in [4.69, 9.17) is 28.7 Å². The molecule has 0 saturated carbocycles. The maximum absolute atomic E-state index is 13.1. The lowest BCUT2D eigenvalue weighted by atomic mass is 10.1. The number of amides is 4. The van der Waals surface area contributed by atoms with E-state index in [0.717, 1.165) is 4.90 Å².